The molecule has 0 radical (unpaired) electrons. The van der Waals surface area contributed by atoms with Gasteiger partial charge in [-0.3, -0.25) is 9.52 Å². The maximum absolute atomic E-state index is 12.6. The molecule has 2 rings (SSSR count). The van der Waals surface area contributed by atoms with E-state index in [0.29, 0.717) is 11.1 Å². The summed E-state index contributed by atoms with van der Waals surface area (Å²) >= 11 is 0. The smallest absolute Gasteiger partial charge is 0.318 e. The predicted octanol–water partition coefficient (Wildman–Crippen LogP) is 3.91. The van der Waals surface area contributed by atoms with E-state index >= 15 is 0 Å². The van der Waals surface area contributed by atoms with Crippen LogP contribution in [0.25, 0.3) is 0 Å². The van der Waals surface area contributed by atoms with E-state index in [4.69, 9.17) is 0 Å². The first-order chi connectivity index (χ1) is 11.9. The number of hydrogen-bond donors (Lipinski definition) is 2. The third kappa shape index (κ3) is 4.54. The lowest BCUT2D eigenvalue weighted by molar-refractivity contribution is -0.167. The van der Waals surface area contributed by atoms with E-state index in [9.17, 15) is 26.4 Å². The number of aryl methyl sites for hydroxylation is 3. The Labute approximate surface area is 149 Å². The molecule has 0 saturated carbocycles. The molecule has 5 nitrogen and oxygen atoms in total. The second-order valence-corrected chi connectivity index (χ2v) is 7.48. The number of nitrogens with one attached hydrogen (secondary N) is 2. The van der Waals surface area contributed by atoms with Gasteiger partial charge in [0.2, 0.25) is 0 Å². The van der Waals surface area contributed by atoms with Crippen LogP contribution >= 0.6 is 0 Å². The number of rotatable bonds is 4. The highest BCUT2D eigenvalue weighted by molar-refractivity contribution is 7.92. The first kappa shape index (κ1) is 19.8. The summed E-state index contributed by atoms with van der Waals surface area (Å²) in [6, 6.07) is 8.38. The van der Waals surface area contributed by atoms with Crippen molar-refractivity contribution in [1.82, 2.24) is 0 Å². The molecular formula is C17H17F3N2O3S. The number of halogens is 3. The van der Waals surface area contributed by atoms with Gasteiger partial charge in [0.25, 0.3) is 10.0 Å². The molecule has 2 aromatic carbocycles. The molecule has 0 heterocycles. The number of alkyl halides is 3. The van der Waals surface area contributed by atoms with Crippen LogP contribution in [0.5, 0.6) is 0 Å². The third-order valence-electron chi connectivity index (χ3n) is 3.53. The molecule has 0 aliphatic rings. The van der Waals surface area contributed by atoms with E-state index in [2.05, 4.69) is 4.72 Å². The van der Waals surface area contributed by atoms with Crippen LogP contribution < -0.4 is 10.0 Å². The van der Waals surface area contributed by atoms with Crippen molar-refractivity contribution in [3.8, 4) is 0 Å². The molecule has 1 amide bonds. The molecule has 9 heteroatoms. The third-order valence-corrected chi connectivity index (χ3v) is 5.21. The number of sulfonamides is 1. The van der Waals surface area contributed by atoms with Crippen LogP contribution in [-0.4, -0.2) is 20.5 Å². The molecule has 140 valence electrons. The minimum Gasteiger partial charge on any atom is -0.318 e. The van der Waals surface area contributed by atoms with E-state index in [1.54, 1.807) is 31.3 Å². The van der Waals surface area contributed by atoms with Crippen molar-refractivity contribution >= 4 is 27.3 Å². The van der Waals surface area contributed by atoms with Crippen molar-refractivity contribution in [2.24, 2.45) is 0 Å². The number of carbonyl (C=O) groups is 1. The summed E-state index contributed by atoms with van der Waals surface area (Å²) < 4.78 is 64.3. The maximum Gasteiger partial charge on any atom is 0.471 e. The Morgan fingerprint density at radius 2 is 1.38 bits per heavy atom. The van der Waals surface area contributed by atoms with Crippen molar-refractivity contribution in [1.29, 1.82) is 0 Å². The van der Waals surface area contributed by atoms with Gasteiger partial charge in [0.15, 0.2) is 0 Å². The molecule has 2 aromatic rings. The Morgan fingerprint density at radius 1 is 0.923 bits per heavy atom. The lowest BCUT2D eigenvalue weighted by Gasteiger charge is -2.14. The van der Waals surface area contributed by atoms with Gasteiger partial charge in [-0.05, 0) is 56.2 Å². The fourth-order valence-corrected chi connectivity index (χ4v) is 4.13. The lowest BCUT2D eigenvalue weighted by Crippen LogP contribution is -2.29. The topological polar surface area (TPSA) is 75.3 Å². The average Bonchev–Trinajstić information content (AvgIpc) is 2.46. The zero-order valence-electron chi connectivity index (χ0n) is 14.2. The van der Waals surface area contributed by atoms with Gasteiger partial charge >= 0.3 is 12.1 Å². The number of amides is 1. The van der Waals surface area contributed by atoms with Crippen molar-refractivity contribution in [2.75, 3.05) is 10.0 Å². The Morgan fingerprint density at radius 3 is 1.85 bits per heavy atom. The monoisotopic (exact) mass is 386 g/mol. The molecule has 26 heavy (non-hydrogen) atoms. The van der Waals surface area contributed by atoms with Crippen molar-refractivity contribution in [3.63, 3.8) is 0 Å². The molecule has 0 aromatic heterocycles. The molecule has 0 aliphatic heterocycles. The highest BCUT2D eigenvalue weighted by atomic mass is 32.2. The minimum absolute atomic E-state index is 0.0991. The molecule has 0 bridgehead atoms. The Balaban J connectivity index is 2.22. The van der Waals surface area contributed by atoms with Gasteiger partial charge in [-0.25, -0.2) is 8.42 Å². The van der Waals surface area contributed by atoms with E-state index in [1.807, 2.05) is 6.92 Å². The Kier molecular flexibility index (Phi) is 5.31. The molecule has 0 aliphatic carbocycles. The van der Waals surface area contributed by atoms with E-state index < -0.39 is 22.1 Å². The SMILES string of the molecule is Cc1cc(C)c(S(=O)(=O)Nc2ccc(NC(=O)C(F)(F)F)cc2)c(C)c1. The van der Waals surface area contributed by atoms with Gasteiger partial charge in [-0.2, -0.15) is 13.2 Å². The largest absolute Gasteiger partial charge is 0.471 e. The highest BCUT2D eigenvalue weighted by Gasteiger charge is 2.38. The van der Waals surface area contributed by atoms with Crippen LogP contribution in [0.4, 0.5) is 24.5 Å². The summed E-state index contributed by atoms with van der Waals surface area (Å²) in [7, 11) is -3.87. The van der Waals surface area contributed by atoms with Crippen molar-refractivity contribution in [2.45, 2.75) is 31.8 Å². The first-order valence-corrected chi connectivity index (χ1v) is 8.97. The van der Waals surface area contributed by atoms with Gasteiger partial charge in [-0.1, -0.05) is 17.7 Å². The summed E-state index contributed by atoms with van der Waals surface area (Å²) in [6.07, 6.45) is -5.00. The predicted molar refractivity (Wildman–Crippen MR) is 92.6 cm³/mol. The van der Waals surface area contributed by atoms with Gasteiger partial charge in [0, 0.05) is 11.4 Å². The van der Waals surface area contributed by atoms with Gasteiger partial charge in [-0.15, -0.1) is 0 Å². The van der Waals surface area contributed by atoms with Gasteiger partial charge in [0.1, 0.15) is 0 Å². The van der Waals surface area contributed by atoms with Crippen LogP contribution in [0, 0.1) is 20.8 Å². The number of carbonyl (C=O) groups excluding carboxylic acids is 1. The average molecular weight is 386 g/mol. The molecule has 0 unspecified atom stereocenters. The zero-order valence-corrected chi connectivity index (χ0v) is 15.0. The summed E-state index contributed by atoms with van der Waals surface area (Å²) in [6.45, 7) is 5.23. The van der Waals surface area contributed by atoms with Crippen LogP contribution in [0.3, 0.4) is 0 Å². The Hall–Kier alpha value is -2.55. The van der Waals surface area contributed by atoms with Gasteiger partial charge in [0.05, 0.1) is 4.90 Å². The van der Waals surface area contributed by atoms with E-state index in [1.165, 1.54) is 24.3 Å². The fraction of sp³-hybridized carbons (Fsp3) is 0.235. The summed E-state index contributed by atoms with van der Waals surface area (Å²) in [5.74, 6) is -2.10. The minimum atomic E-state index is -5.00. The maximum atomic E-state index is 12.6. The number of hydrogen-bond acceptors (Lipinski definition) is 3. The van der Waals surface area contributed by atoms with Crippen molar-refractivity contribution < 1.29 is 26.4 Å². The number of benzene rings is 2. The molecule has 0 saturated heterocycles. The van der Waals surface area contributed by atoms with Crippen LogP contribution in [-0.2, 0) is 14.8 Å². The molecule has 0 atom stereocenters. The van der Waals surface area contributed by atoms with Crippen molar-refractivity contribution in [3.05, 3.63) is 53.1 Å². The lowest BCUT2D eigenvalue weighted by atomic mass is 10.1. The quantitative estimate of drug-likeness (QED) is 0.837. The summed E-state index contributed by atoms with van der Waals surface area (Å²) in [5.41, 5.74) is 2.17. The summed E-state index contributed by atoms with van der Waals surface area (Å²) in [5, 5.41) is 1.69. The van der Waals surface area contributed by atoms with E-state index in [-0.39, 0.29) is 16.3 Å². The standard InChI is InChI=1S/C17H17F3N2O3S/c1-10-8-11(2)15(12(3)9-10)26(24,25)22-14-6-4-13(5-7-14)21-16(23)17(18,19)20/h4-9,22H,1-3H3,(H,21,23). The van der Waals surface area contributed by atoms with Crippen LogP contribution in [0.15, 0.2) is 41.3 Å². The first-order valence-electron chi connectivity index (χ1n) is 7.49. The molecule has 0 fully saturated rings. The fourth-order valence-electron chi connectivity index (χ4n) is 2.62. The zero-order chi connectivity index (χ0) is 19.7. The Bertz CT molecular complexity index is 914. The number of anilines is 2. The molecule has 0 spiro atoms. The van der Waals surface area contributed by atoms with Crippen LogP contribution in [0.2, 0.25) is 0 Å². The van der Waals surface area contributed by atoms with Crippen LogP contribution in [0.1, 0.15) is 16.7 Å². The van der Waals surface area contributed by atoms with E-state index in [0.717, 1.165) is 5.56 Å². The highest BCUT2D eigenvalue weighted by Crippen LogP contribution is 2.25. The van der Waals surface area contributed by atoms with Gasteiger partial charge < -0.3 is 5.32 Å². The summed E-state index contributed by atoms with van der Waals surface area (Å²) in [4.78, 5) is 11.0. The molecule has 2 N–H and O–H groups in total. The second-order valence-electron chi connectivity index (χ2n) is 5.86. The second kappa shape index (κ2) is 6.99. The normalized spacial score (nSPS) is 11.9. The molecular weight excluding hydrogens is 369 g/mol.